The number of hydrogen-bond donors (Lipinski definition) is 2. The molecule has 0 unspecified atom stereocenters. The number of alkyl halides is 3. The maximum atomic E-state index is 12.7. The molecule has 0 radical (unpaired) electrons. The number of thiocarbonyl (C=S) groups is 1. The smallest absolute Gasteiger partial charge is 0.363 e. The SMILES string of the molecule is Cc1c(Cl)c(C(F)(F)F)nn1CCCNC(=S)NCCCN(C)C. The molecule has 0 aliphatic rings. The molecule has 0 aromatic carbocycles. The molecular weight excluding hydrogens is 363 g/mol. The lowest BCUT2D eigenvalue weighted by molar-refractivity contribution is -0.141. The lowest BCUT2D eigenvalue weighted by Gasteiger charge is -2.12. The Kier molecular flexibility index (Phi) is 8.24. The lowest BCUT2D eigenvalue weighted by atomic mass is 10.3. The Morgan fingerprint density at radius 2 is 1.83 bits per heavy atom. The first kappa shape index (κ1) is 21.0. The monoisotopic (exact) mass is 385 g/mol. The predicted molar refractivity (Wildman–Crippen MR) is 93.4 cm³/mol. The van der Waals surface area contributed by atoms with Crippen LogP contribution in [0.15, 0.2) is 0 Å². The van der Waals surface area contributed by atoms with E-state index in [1.165, 1.54) is 11.6 Å². The van der Waals surface area contributed by atoms with Gasteiger partial charge in [0.05, 0.1) is 10.7 Å². The zero-order valence-electron chi connectivity index (χ0n) is 14.0. The Morgan fingerprint density at radius 1 is 1.25 bits per heavy atom. The number of halogens is 4. The zero-order valence-corrected chi connectivity index (χ0v) is 15.6. The minimum atomic E-state index is -4.54. The summed E-state index contributed by atoms with van der Waals surface area (Å²) in [4.78, 5) is 2.09. The average Bonchev–Trinajstić information content (AvgIpc) is 2.76. The van der Waals surface area contributed by atoms with Crippen molar-refractivity contribution in [3.8, 4) is 0 Å². The van der Waals surface area contributed by atoms with Crippen LogP contribution in [0.1, 0.15) is 24.2 Å². The summed E-state index contributed by atoms with van der Waals surface area (Å²) in [6.07, 6.45) is -2.99. The van der Waals surface area contributed by atoms with Crippen LogP contribution in [0, 0.1) is 6.92 Å². The third kappa shape index (κ3) is 6.82. The Hall–Kier alpha value is -1.06. The van der Waals surface area contributed by atoms with Crippen molar-refractivity contribution in [1.82, 2.24) is 25.3 Å². The average molecular weight is 386 g/mol. The van der Waals surface area contributed by atoms with Crippen molar-refractivity contribution >= 4 is 28.9 Å². The van der Waals surface area contributed by atoms with Gasteiger partial charge in [0.2, 0.25) is 0 Å². The summed E-state index contributed by atoms with van der Waals surface area (Å²) in [7, 11) is 4.01. The van der Waals surface area contributed by atoms with E-state index in [0.717, 1.165) is 19.5 Å². The number of aryl methyl sites for hydroxylation is 1. The molecule has 0 amide bonds. The highest BCUT2D eigenvalue weighted by molar-refractivity contribution is 7.80. The van der Waals surface area contributed by atoms with Crippen molar-refractivity contribution in [3.63, 3.8) is 0 Å². The second kappa shape index (κ2) is 9.43. The molecule has 138 valence electrons. The van der Waals surface area contributed by atoms with Crippen LogP contribution in [0.5, 0.6) is 0 Å². The summed E-state index contributed by atoms with van der Waals surface area (Å²) in [5.74, 6) is 0. The fraction of sp³-hybridized carbons (Fsp3) is 0.714. The number of rotatable bonds is 8. The first-order chi connectivity index (χ1) is 11.1. The third-order valence-corrected chi connectivity index (χ3v) is 4.04. The van der Waals surface area contributed by atoms with Gasteiger partial charge in [0.15, 0.2) is 10.8 Å². The number of hydrogen-bond acceptors (Lipinski definition) is 3. The van der Waals surface area contributed by atoms with Crippen LogP contribution in [0.4, 0.5) is 13.2 Å². The molecular formula is C14H23ClF3N5S. The van der Waals surface area contributed by atoms with Crippen LogP contribution in [-0.4, -0.2) is 53.5 Å². The van der Waals surface area contributed by atoms with Crippen molar-refractivity contribution < 1.29 is 13.2 Å². The molecule has 0 fully saturated rings. The van der Waals surface area contributed by atoms with Crippen LogP contribution in [0.2, 0.25) is 5.02 Å². The molecule has 5 nitrogen and oxygen atoms in total. The standard InChI is InChI=1S/C14H23ClF3N5S/c1-10-11(15)12(14(16,17)18)21-23(10)9-5-7-20-13(24)19-6-4-8-22(2)3/h4-9H2,1-3H3,(H2,19,20,24). The van der Waals surface area contributed by atoms with Crippen LogP contribution in [-0.2, 0) is 12.7 Å². The van der Waals surface area contributed by atoms with Gasteiger partial charge in [0.25, 0.3) is 0 Å². The molecule has 0 aliphatic heterocycles. The summed E-state index contributed by atoms with van der Waals surface area (Å²) in [6.45, 7) is 4.13. The van der Waals surface area contributed by atoms with Gasteiger partial charge in [-0.15, -0.1) is 0 Å². The molecule has 1 aromatic rings. The second-order valence-corrected chi connectivity index (χ2v) is 6.45. The van der Waals surface area contributed by atoms with Gasteiger partial charge >= 0.3 is 6.18 Å². The van der Waals surface area contributed by atoms with Gasteiger partial charge in [-0.3, -0.25) is 4.68 Å². The molecule has 10 heteroatoms. The van der Waals surface area contributed by atoms with E-state index in [-0.39, 0.29) is 5.02 Å². The van der Waals surface area contributed by atoms with E-state index in [1.54, 1.807) is 0 Å². The molecule has 0 aliphatic carbocycles. The first-order valence-corrected chi connectivity index (χ1v) is 8.38. The van der Waals surface area contributed by atoms with Crippen LogP contribution in [0.3, 0.4) is 0 Å². The highest BCUT2D eigenvalue weighted by atomic mass is 35.5. The maximum absolute atomic E-state index is 12.7. The number of nitrogens with one attached hydrogen (secondary N) is 2. The minimum Gasteiger partial charge on any atom is -0.363 e. The summed E-state index contributed by atoms with van der Waals surface area (Å²) < 4.78 is 39.5. The fourth-order valence-electron chi connectivity index (χ4n) is 2.01. The molecule has 0 saturated carbocycles. The van der Waals surface area contributed by atoms with Crippen molar-refractivity contribution in [2.45, 2.75) is 32.5 Å². The second-order valence-electron chi connectivity index (χ2n) is 5.66. The Morgan fingerprint density at radius 3 is 2.33 bits per heavy atom. The maximum Gasteiger partial charge on any atom is 0.436 e. The first-order valence-electron chi connectivity index (χ1n) is 7.59. The molecule has 0 saturated heterocycles. The summed E-state index contributed by atoms with van der Waals surface area (Å²) in [6, 6.07) is 0. The molecule has 2 N–H and O–H groups in total. The summed E-state index contributed by atoms with van der Waals surface area (Å²) in [5, 5.41) is 9.86. The Balaban J connectivity index is 2.32. The van der Waals surface area contributed by atoms with Crippen LogP contribution in [0.25, 0.3) is 0 Å². The number of aromatic nitrogens is 2. The fourth-order valence-corrected chi connectivity index (χ4v) is 2.46. The Bertz CT molecular complexity index is 545. The molecule has 0 atom stereocenters. The van der Waals surface area contributed by atoms with Crippen LogP contribution < -0.4 is 10.6 Å². The molecule has 0 bridgehead atoms. The third-order valence-electron chi connectivity index (χ3n) is 3.30. The highest BCUT2D eigenvalue weighted by Gasteiger charge is 2.38. The van der Waals surface area contributed by atoms with Gasteiger partial charge in [-0.1, -0.05) is 11.6 Å². The molecule has 24 heavy (non-hydrogen) atoms. The molecule has 1 aromatic heterocycles. The topological polar surface area (TPSA) is 45.1 Å². The normalized spacial score (nSPS) is 11.8. The van der Waals surface area contributed by atoms with E-state index in [0.29, 0.717) is 30.3 Å². The Labute approximate surface area is 150 Å². The quantitative estimate of drug-likeness (QED) is 0.532. The zero-order chi connectivity index (χ0) is 18.3. The summed E-state index contributed by atoms with van der Waals surface area (Å²) in [5.41, 5.74) is -0.721. The van der Waals surface area contributed by atoms with E-state index in [4.69, 9.17) is 23.8 Å². The van der Waals surface area contributed by atoms with Gasteiger partial charge < -0.3 is 15.5 Å². The van der Waals surface area contributed by atoms with E-state index in [1.807, 2.05) is 14.1 Å². The van der Waals surface area contributed by atoms with E-state index < -0.39 is 11.9 Å². The molecule has 1 rings (SSSR count). The predicted octanol–water partition coefficient (Wildman–Crippen LogP) is 2.67. The lowest BCUT2D eigenvalue weighted by Crippen LogP contribution is -2.37. The largest absolute Gasteiger partial charge is 0.436 e. The van der Waals surface area contributed by atoms with E-state index in [2.05, 4.69) is 20.6 Å². The van der Waals surface area contributed by atoms with Crippen molar-refractivity contribution in [3.05, 3.63) is 16.4 Å². The number of nitrogens with zero attached hydrogens (tertiary/aromatic N) is 3. The molecule has 0 spiro atoms. The highest BCUT2D eigenvalue weighted by Crippen LogP contribution is 2.35. The van der Waals surface area contributed by atoms with Gasteiger partial charge in [0.1, 0.15) is 0 Å². The van der Waals surface area contributed by atoms with Gasteiger partial charge in [-0.05, 0) is 52.6 Å². The minimum absolute atomic E-state index is 0.313. The van der Waals surface area contributed by atoms with Gasteiger partial charge in [-0.2, -0.15) is 18.3 Å². The summed E-state index contributed by atoms with van der Waals surface area (Å²) >= 11 is 10.8. The van der Waals surface area contributed by atoms with Crippen molar-refractivity contribution in [1.29, 1.82) is 0 Å². The van der Waals surface area contributed by atoms with E-state index >= 15 is 0 Å². The van der Waals surface area contributed by atoms with Crippen molar-refractivity contribution in [2.75, 3.05) is 33.7 Å². The van der Waals surface area contributed by atoms with Gasteiger partial charge in [-0.25, -0.2) is 0 Å². The van der Waals surface area contributed by atoms with E-state index in [9.17, 15) is 13.2 Å². The van der Waals surface area contributed by atoms with Crippen LogP contribution >= 0.6 is 23.8 Å². The van der Waals surface area contributed by atoms with Gasteiger partial charge in [0, 0.05) is 19.6 Å². The van der Waals surface area contributed by atoms with Crippen molar-refractivity contribution in [2.24, 2.45) is 0 Å². The molecule has 1 heterocycles.